The normalized spacial score (nSPS) is 10.8. The first kappa shape index (κ1) is 12.7. The lowest BCUT2D eigenvalue weighted by Gasteiger charge is -2.25. The Bertz CT molecular complexity index is 292. The molecule has 0 fully saturated rings. The van der Waals surface area contributed by atoms with E-state index < -0.39 is 0 Å². The van der Waals surface area contributed by atoms with Crippen molar-refractivity contribution in [3.05, 3.63) is 12.4 Å². The Kier molecular flexibility index (Phi) is 5.02. The average molecular weight is 222 g/mol. The summed E-state index contributed by atoms with van der Waals surface area (Å²) >= 11 is 0. The van der Waals surface area contributed by atoms with Crippen LogP contribution < -0.4 is 10.6 Å². The molecule has 2 N–H and O–H groups in total. The van der Waals surface area contributed by atoms with Gasteiger partial charge >= 0.3 is 0 Å². The molecule has 0 saturated carbocycles. The van der Waals surface area contributed by atoms with Crippen LogP contribution in [0.2, 0.25) is 0 Å². The second-order valence-corrected chi connectivity index (χ2v) is 4.04. The lowest BCUT2D eigenvalue weighted by molar-refractivity contribution is 0.482. The monoisotopic (exact) mass is 222 g/mol. The summed E-state index contributed by atoms with van der Waals surface area (Å²) < 4.78 is 0. The summed E-state index contributed by atoms with van der Waals surface area (Å²) in [5.74, 6) is 1.49. The van der Waals surface area contributed by atoms with Crippen LogP contribution in [0.15, 0.2) is 12.4 Å². The summed E-state index contributed by atoms with van der Waals surface area (Å²) in [7, 11) is 0. The van der Waals surface area contributed by atoms with E-state index >= 15 is 0 Å². The summed E-state index contributed by atoms with van der Waals surface area (Å²) in [6, 6.07) is 0. The van der Waals surface area contributed by atoms with Crippen molar-refractivity contribution in [2.75, 3.05) is 23.7 Å². The summed E-state index contributed by atoms with van der Waals surface area (Å²) in [4.78, 5) is 10.7. The first-order valence-electron chi connectivity index (χ1n) is 6.03. The summed E-state index contributed by atoms with van der Waals surface area (Å²) in [6.07, 6.45) is 5.72. The van der Waals surface area contributed by atoms with Gasteiger partial charge in [0.2, 0.25) is 5.95 Å². The quantitative estimate of drug-likeness (QED) is 0.802. The lowest BCUT2D eigenvalue weighted by Crippen LogP contribution is -2.30. The number of aromatic nitrogens is 2. The second kappa shape index (κ2) is 6.30. The maximum absolute atomic E-state index is 5.58. The molecular formula is C12H22N4. The van der Waals surface area contributed by atoms with Crippen LogP contribution in [0.25, 0.3) is 0 Å². The molecule has 0 saturated heterocycles. The van der Waals surface area contributed by atoms with E-state index in [1.807, 2.05) is 0 Å². The first-order chi connectivity index (χ1) is 7.71. The standard InChI is InChI=1S/C12H22N4/c1-4-10(5-2)9-16(6-3)12-14-7-11(13)8-15-12/h7-8,10H,4-6,9,13H2,1-3H3. The smallest absolute Gasteiger partial charge is 0.225 e. The molecule has 0 bridgehead atoms. The van der Waals surface area contributed by atoms with Gasteiger partial charge < -0.3 is 10.6 Å². The highest BCUT2D eigenvalue weighted by atomic mass is 15.2. The fourth-order valence-electron chi connectivity index (χ4n) is 1.71. The highest BCUT2D eigenvalue weighted by molar-refractivity contribution is 5.37. The molecule has 90 valence electrons. The van der Waals surface area contributed by atoms with Gasteiger partial charge in [-0.3, -0.25) is 0 Å². The number of nitrogens with zero attached hydrogens (tertiary/aromatic N) is 3. The molecular weight excluding hydrogens is 200 g/mol. The van der Waals surface area contributed by atoms with Crippen LogP contribution in [0, 0.1) is 5.92 Å². The Labute approximate surface area is 97.9 Å². The van der Waals surface area contributed by atoms with Gasteiger partial charge in [0.25, 0.3) is 0 Å². The molecule has 0 aliphatic carbocycles. The molecule has 0 radical (unpaired) electrons. The van der Waals surface area contributed by atoms with Crippen LogP contribution in [0.5, 0.6) is 0 Å². The Morgan fingerprint density at radius 2 is 1.75 bits per heavy atom. The number of hydrogen-bond donors (Lipinski definition) is 1. The third kappa shape index (κ3) is 3.36. The van der Waals surface area contributed by atoms with Gasteiger partial charge in [0, 0.05) is 13.1 Å². The molecule has 0 spiro atoms. The van der Waals surface area contributed by atoms with Crippen LogP contribution >= 0.6 is 0 Å². The van der Waals surface area contributed by atoms with E-state index in [1.54, 1.807) is 12.4 Å². The Morgan fingerprint density at radius 1 is 1.19 bits per heavy atom. The fraction of sp³-hybridized carbons (Fsp3) is 0.667. The van der Waals surface area contributed by atoms with Crippen molar-refractivity contribution in [3.63, 3.8) is 0 Å². The maximum atomic E-state index is 5.58. The molecule has 4 nitrogen and oxygen atoms in total. The van der Waals surface area contributed by atoms with Gasteiger partial charge in [0.15, 0.2) is 0 Å². The van der Waals surface area contributed by atoms with Gasteiger partial charge in [-0.25, -0.2) is 9.97 Å². The SMILES string of the molecule is CCC(CC)CN(CC)c1ncc(N)cn1. The molecule has 0 aromatic carbocycles. The van der Waals surface area contributed by atoms with Crippen molar-refractivity contribution in [2.24, 2.45) is 5.92 Å². The highest BCUT2D eigenvalue weighted by Crippen LogP contribution is 2.14. The third-order valence-corrected chi connectivity index (χ3v) is 2.96. The van der Waals surface area contributed by atoms with Crippen molar-refractivity contribution >= 4 is 11.6 Å². The van der Waals surface area contributed by atoms with Crippen molar-refractivity contribution in [3.8, 4) is 0 Å². The lowest BCUT2D eigenvalue weighted by atomic mass is 10.0. The number of nitrogens with two attached hydrogens (primary N) is 1. The van der Waals surface area contributed by atoms with Crippen molar-refractivity contribution in [2.45, 2.75) is 33.6 Å². The minimum absolute atomic E-state index is 0.613. The van der Waals surface area contributed by atoms with E-state index in [0.29, 0.717) is 11.6 Å². The van der Waals surface area contributed by atoms with Gasteiger partial charge in [-0.05, 0) is 12.8 Å². The minimum Gasteiger partial charge on any atom is -0.396 e. The van der Waals surface area contributed by atoms with E-state index in [-0.39, 0.29) is 0 Å². The van der Waals surface area contributed by atoms with Crippen LogP contribution in [0.4, 0.5) is 11.6 Å². The summed E-state index contributed by atoms with van der Waals surface area (Å²) in [5.41, 5.74) is 6.19. The topological polar surface area (TPSA) is 55.0 Å². The van der Waals surface area contributed by atoms with Crippen molar-refractivity contribution in [1.29, 1.82) is 0 Å². The molecule has 16 heavy (non-hydrogen) atoms. The minimum atomic E-state index is 0.613. The highest BCUT2D eigenvalue weighted by Gasteiger charge is 2.12. The van der Waals surface area contributed by atoms with Gasteiger partial charge in [-0.1, -0.05) is 26.7 Å². The van der Waals surface area contributed by atoms with E-state index in [1.165, 1.54) is 12.8 Å². The van der Waals surface area contributed by atoms with Gasteiger partial charge in [0.1, 0.15) is 0 Å². The Balaban J connectivity index is 2.70. The van der Waals surface area contributed by atoms with E-state index in [0.717, 1.165) is 19.0 Å². The number of nitrogen functional groups attached to an aromatic ring is 1. The molecule has 0 aliphatic rings. The summed E-state index contributed by atoms with van der Waals surface area (Å²) in [5, 5.41) is 0. The molecule has 1 aromatic heterocycles. The third-order valence-electron chi connectivity index (χ3n) is 2.96. The van der Waals surface area contributed by atoms with Gasteiger partial charge in [-0.2, -0.15) is 0 Å². The van der Waals surface area contributed by atoms with Crippen LogP contribution in [-0.4, -0.2) is 23.1 Å². The van der Waals surface area contributed by atoms with Crippen molar-refractivity contribution < 1.29 is 0 Å². The fourth-order valence-corrected chi connectivity index (χ4v) is 1.71. The molecule has 0 amide bonds. The number of rotatable bonds is 6. The molecule has 1 heterocycles. The predicted molar refractivity (Wildman–Crippen MR) is 68.4 cm³/mol. The zero-order valence-electron chi connectivity index (χ0n) is 10.5. The largest absolute Gasteiger partial charge is 0.396 e. The number of anilines is 2. The first-order valence-corrected chi connectivity index (χ1v) is 6.03. The van der Waals surface area contributed by atoms with E-state index in [4.69, 9.17) is 5.73 Å². The maximum Gasteiger partial charge on any atom is 0.225 e. The molecule has 0 aliphatic heterocycles. The molecule has 0 atom stereocenters. The zero-order chi connectivity index (χ0) is 12.0. The van der Waals surface area contributed by atoms with E-state index in [2.05, 4.69) is 35.6 Å². The van der Waals surface area contributed by atoms with Gasteiger partial charge in [0.05, 0.1) is 18.1 Å². The van der Waals surface area contributed by atoms with Crippen LogP contribution in [0.3, 0.4) is 0 Å². The number of hydrogen-bond acceptors (Lipinski definition) is 4. The average Bonchev–Trinajstić information content (AvgIpc) is 2.32. The molecule has 4 heteroatoms. The molecule has 1 aromatic rings. The Morgan fingerprint density at radius 3 is 2.19 bits per heavy atom. The van der Waals surface area contributed by atoms with E-state index in [9.17, 15) is 0 Å². The zero-order valence-corrected chi connectivity index (χ0v) is 10.5. The second-order valence-electron chi connectivity index (χ2n) is 4.04. The van der Waals surface area contributed by atoms with Crippen molar-refractivity contribution in [1.82, 2.24) is 9.97 Å². The van der Waals surface area contributed by atoms with Gasteiger partial charge in [-0.15, -0.1) is 0 Å². The van der Waals surface area contributed by atoms with Crippen LogP contribution in [-0.2, 0) is 0 Å². The predicted octanol–water partition coefficient (Wildman–Crippen LogP) is 2.32. The molecule has 1 rings (SSSR count). The van der Waals surface area contributed by atoms with Crippen LogP contribution in [0.1, 0.15) is 33.6 Å². The molecule has 0 unspecified atom stereocenters. The Hall–Kier alpha value is -1.32. The summed E-state index contributed by atoms with van der Waals surface area (Å²) in [6.45, 7) is 8.54.